The van der Waals surface area contributed by atoms with Crippen LogP contribution in [-0.2, 0) is 25.1 Å². The predicted molar refractivity (Wildman–Crippen MR) is 129 cm³/mol. The largest absolute Gasteiger partial charge is 0.420 e. The highest BCUT2D eigenvalue weighted by atomic mass is 32.2. The molecule has 0 fully saturated rings. The van der Waals surface area contributed by atoms with Crippen molar-refractivity contribution in [1.29, 1.82) is 0 Å². The van der Waals surface area contributed by atoms with Gasteiger partial charge in [0, 0.05) is 29.6 Å². The summed E-state index contributed by atoms with van der Waals surface area (Å²) in [7, 11) is 0. The van der Waals surface area contributed by atoms with Gasteiger partial charge in [-0.3, -0.25) is 14.3 Å². The number of aromatic nitrogens is 4. The van der Waals surface area contributed by atoms with Crippen LogP contribution >= 0.6 is 11.8 Å². The molecule has 0 saturated carbocycles. The van der Waals surface area contributed by atoms with Crippen LogP contribution in [0.3, 0.4) is 0 Å². The number of fused-ring (bicyclic) bond motifs is 1. The van der Waals surface area contributed by atoms with Crippen molar-refractivity contribution in [2.45, 2.75) is 31.6 Å². The minimum Gasteiger partial charge on any atom is -0.420 e. The maximum Gasteiger partial charge on any atom is 0.329 e. The molecule has 9 heteroatoms. The average Bonchev–Trinajstić information content (AvgIpc) is 3.48. The van der Waals surface area contributed by atoms with Crippen LogP contribution in [0, 0.1) is 0 Å². The lowest BCUT2D eigenvalue weighted by Gasteiger charge is -2.10. The lowest BCUT2D eigenvalue weighted by atomic mass is 10.1. The summed E-state index contributed by atoms with van der Waals surface area (Å²) in [5, 5.41) is 11.3. The molecule has 8 nitrogen and oxygen atoms in total. The number of hydrogen-bond acceptors (Lipinski definition) is 7. The van der Waals surface area contributed by atoms with Crippen LogP contribution in [0.4, 0.5) is 11.5 Å². The molecule has 5 rings (SSSR count). The van der Waals surface area contributed by atoms with E-state index in [-0.39, 0.29) is 12.1 Å². The Morgan fingerprint density at radius 3 is 2.73 bits per heavy atom. The first-order chi connectivity index (χ1) is 16.2. The maximum atomic E-state index is 12.5. The Hall–Kier alpha value is -3.59. The van der Waals surface area contributed by atoms with E-state index in [2.05, 4.69) is 32.6 Å². The second kappa shape index (κ2) is 9.50. The van der Waals surface area contributed by atoms with Crippen molar-refractivity contribution < 1.29 is 4.42 Å². The van der Waals surface area contributed by atoms with Gasteiger partial charge in [0.25, 0.3) is 5.56 Å². The summed E-state index contributed by atoms with van der Waals surface area (Å²) in [6, 6.07) is 17.2. The summed E-state index contributed by atoms with van der Waals surface area (Å²) in [6.07, 6.45) is 3.35. The molecule has 2 heterocycles. The molecule has 0 bridgehead atoms. The first-order valence-corrected chi connectivity index (χ1v) is 12.0. The van der Waals surface area contributed by atoms with Gasteiger partial charge < -0.3 is 9.73 Å². The normalized spacial score (nSPS) is 12.6. The molecule has 0 saturated heterocycles. The SMILES string of the molecule is O=c1cc(Nc2ccc3c(c2)CCC3)[nH]c(=O)n1CCSCc1nnc(-c2ccccc2)o1. The van der Waals surface area contributed by atoms with E-state index >= 15 is 0 Å². The molecule has 0 aliphatic heterocycles. The van der Waals surface area contributed by atoms with Gasteiger partial charge in [-0.05, 0) is 54.7 Å². The van der Waals surface area contributed by atoms with Gasteiger partial charge >= 0.3 is 5.69 Å². The van der Waals surface area contributed by atoms with Crippen LogP contribution in [0.25, 0.3) is 11.5 Å². The molecule has 2 aromatic heterocycles. The fourth-order valence-corrected chi connectivity index (χ4v) is 4.68. The van der Waals surface area contributed by atoms with Gasteiger partial charge in [0.1, 0.15) is 5.82 Å². The molecule has 0 spiro atoms. The number of aromatic amines is 1. The van der Waals surface area contributed by atoms with Crippen LogP contribution in [0.2, 0.25) is 0 Å². The standard InChI is InChI=1S/C24H23N5O3S/c30-22-14-20(25-19-10-9-16-7-4-8-18(16)13-19)26-24(31)29(22)11-12-33-15-21-27-28-23(32-21)17-5-2-1-3-6-17/h1-3,5-6,9-10,13-14,25H,4,7-8,11-12,15H2,(H,26,31). The molecule has 4 aromatic rings. The van der Waals surface area contributed by atoms with Gasteiger partial charge in [-0.1, -0.05) is 24.3 Å². The van der Waals surface area contributed by atoms with Gasteiger partial charge in [0.05, 0.1) is 5.75 Å². The third-order valence-corrected chi connectivity index (χ3v) is 6.49. The van der Waals surface area contributed by atoms with E-state index < -0.39 is 5.69 Å². The van der Waals surface area contributed by atoms with Crippen LogP contribution in [-0.4, -0.2) is 25.5 Å². The van der Waals surface area contributed by atoms with Crippen molar-refractivity contribution in [3.05, 3.63) is 92.5 Å². The second-order valence-corrected chi connectivity index (χ2v) is 8.96. The number of nitrogens with one attached hydrogen (secondary N) is 2. The zero-order valence-electron chi connectivity index (χ0n) is 17.9. The first kappa shape index (κ1) is 21.3. The summed E-state index contributed by atoms with van der Waals surface area (Å²) in [5.41, 5.74) is 3.66. The first-order valence-electron chi connectivity index (χ1n) is 10.8. The smallest absolute Gasteiger partial charge is 0.329 e. The highest BCUT2D eigenvalue weighted by Crippen LogP contribution is 2.26. The molecule has 168 valence electrons. The molecule has 0 radical (unpaired) electrons. The molecule has 33 heavy (non-hydrogen) atoms. The molecule has 1 aliphatic carbocycles. The van der Waals surface area contributed by atoms with Crippen LogP contribution in [0.5, 0.6) is 0 Å². The Morgan fingerprint density at radius 2 is 1.88 bits per heavy atom. The quantitative estimate of drug-likeness (QED) is 0.385. The van der Waals surface area contributed by atoms with E-state index in [4.69, 9.17) is 4.42 Å². The van der Waals surface area contributed by atoms with Gasteiger partial charge in [0.2, 0.25) is 11.8 Å². The predicted octanol–water partition coefficient (Wildman–Crippen LogP) is 3.75. The van der Waals surface area contributed by atoms with Crippen molar-refractivity contribution >= 4 is 23.3 Å². The molecule has 0 amide bonds. The van der Waals surface area contributed by atoms with Crippen molar-refractivity contribution in [1.82, 2.24) is 19.7 Å². The fraction of sp³-hybridized carbons (Fsp3) is 0.250. The van der Waals surface area contributed by atoms with Crippen LogP contribution < -0.4 is 16.6 Å². The monoisotopic (exact) mass is 461 g/mol. The van der Waals surface area contributed by atoms with E-state index in [0.717, 1.165) is 24.1 Å². The lowest BCUT2D eigenvalue weighted by Crippen LogP contribution is -2.35. The molecule has 0 atom stereocenters. The van der Waals surface area contributed by atoms with Crippen molar-refractivity contribution in [2.24, 2.45) is 0 Å². The third-order valence-electron chi connectivity index (χ3n) is 5.57. The van der Waals surface area contributed by atoms with E-state index in [1.165, 1.54) is 39.9 Å². The number of anilines is 2. The molecular formula is C24H23N5O3S. The molecule has 1 aliphatic rings. The number of nitrogens with zero attached hydrogens (tertiary/aromatic N) is 3. The molecule has 2 aromatic carbocycles. The van der Waals surface area contributed by atoms with Gasteiger partial charge in [-0.25, -0.2) is 4.79 Å². The van der Waals surface area contributed by atoms with E-state index in [1.54, 1.807) is 0 Å². The molecular weight excluding hydrogens is 438 g/mol. The number of thioether (sulfide) groups is 1. The summed E-state index contributed by atoms with van der Waals surface area (Å²) in [4.78, 5) is 27.8. The number of hydrogen-bond donors (Lipinski definition) is 2. The van der Waals surface area contributed by atoms with Crippen molar-refractivity contribution in [2.75, 3.05) is 11.1 Å². The number of aryl methyl sites for hydroxylation is 2. The molecule has 2 N–H and O–H groups in total. The Kier molecular flexibility index (Phi) is 6.12. The lowest BCUT2D eigenvalue weighted by molar-refractivity contribution is 0.528. The minimum absolute atomic E-state index is 0.289. The van der Waals surface area contributed by atoms with Gasteiger partial charge in [-0.15, -0.1) is 10.2 Å². The summed E-state index contributed by atoms with van der Waals surface area (Å²) in [6.45, 7) is 0.289. The number of benzene rings is 2. The van der Waals surface area contributed by atoms with Crippen LogP contribution in [0.1, 0.15) is 23.4 Å². The Labute approximate surface area is 194 Å². The Bertz CT molecular complexity index is 1350. The topological polar surface area (TPSA) is 106 Å². The summed E-state index contributed by atoms with van der Waals surface area (Å²) in [5.74, 6) is 2.44. The molecule has 0 unspecified atom stereocenters. The summed E-state index contributed by atoms with van der Waals surface area (Å²) < 4.78 is 6.88. The van der Waals surface area contributed by atoms with E-state index in [0.29, 0.717) is 29.1 Å². The third kappa shape index (κ3) is 4.93. The van der Waals surface area contributed by atoms with E-state index in [9.17, 15) is 9.59 Å². The highest BCUT2D eigenvalue weighted by molar-refractivity contribution is 7.98. The number of rotatable bonds is 8. The van der Waals surface area contributed by atoms with Crippen molar-refractivity contribution in [3.8, 4) is 11.5 Å². The zero-order chi connectivity index (χ0) is 22.6. The van der Waals surface area contributed by atoms with Gasteiger partial charge in [-0.2, -0.15) is 11.8 Å². The zero-order valence-corrected chi connectivity index (χ0v) is 18.7. The van der Waals surface area contributed by atoms with Gasteiger partial charge in [0.15, 0.2) is 0 Å². The van der Waals surface area contributed by atoms with E-state index in [1.807, 2.05) is 36.4 Å². The fourth-order valence-electron chi connectivity index (χ4n) is 3.93. The number of H-pyrrole nitrogens is 1. The minimum atomic E-state index is -0.434. The Balaban J connectivity index is 1.17. The average molecular weight is 462 g/mol. The Morgan fingerprint density at radius 1 is 1.03 bits per heavy atom. The van der Waals surface area contributed by atoms with Crippen LogP contribution in [0.15, 0.2) is 68.6 Å². The summed E-state index contributed by atoms with van der Waals surface area (Å²) >= 11 is 1.52. The second-order valence-electron chi connectivity index (χ2n) is 7.86. The highest BCUT2D eigenvalue weighted by Gasteiger charge is 2.12. The van der Waals surface area contributed by atoms with Crippen molar-refractivity contribution in [3.63, 3.8) is 0 Å². The maximum absolute atomic E-state index is 12.5.